The topological polar surface area (TPSA) is 61.0 Å². The van der Waals surface area contributed by atoms with Crippen molar-refractivity contribution in [3.63, 3.8) is 0 Å². The van der Waals surface area contributed by atoms with E-state index in [9.17, 15) is 9.18 Å². The lowest BCUT2D eigenvalue weighted by Gasteiger charge is -2.24. The zero-order chi connectivity index (χ0) is 20.8. The maximum absolute atomic E-state index is 14.6. The first-order valence-corrected chi connectivity index (χ1v) is 10.4. The number of benzene rings is 1. The summed E-state index contributed by atoms with van der Waals surface area (Å²) in [5, 5.41) is 2.83. The number of carbonyl (C=O) groups is 1. The number of imidazole rings is 1. The highest BCUT2D eigenvalue weighted by molar-refractivity contribution is 6.35. The third-order valence-electron chi connectivity index (χ3n) is 5.20. The molecule has 154 valence electrons. The van der Waals surface area contributed by atoms with Crippen molar-refractivity contribution in [2.45, 2.75) is 40.0 Å². The summed E-state index contributed by atoms with van der Waals surface area (Å²) in [6.07, 6.45) is 10.8. The Labute approximate surface area is 171 Å². The van der Waals surface area contributed by atoms with Gasteiger partial charge in [0.2, 0.25) is 0 Å². The number of amides is 1. The lowest BCUT2D eigenvalue weighted by molar-refractivity contribution is -0.110. The third kappa shape index (κ3) is 4.65. The highest BCUT2D eigenvalue weighted by atomic mass is 19.1. The Morgan fingerprint density at radius 3 is 2.66 bits per heavy atom. The largest absolute Gasteiger partial charge is 0.348 e. The molecule has 1 aromatic heterocycles. The van der Waals surface area contributed by atoms with Gasteiger partial charge < -0.3 is 10.3 Å². The number of hydrogen-bond donors (Lipinski definition) is 2. The molecule has 6 heteroatoms. The Balaban J connectivity index is 0.00000117. The highest BCUT2D eigenvalue weighted by Crippen LogP contribution is 2.37. The molecule has 5 nitrogen and oxygen atoms in total. The van der Waals surface area contributed by atoms with E-state index in [-0.39, 0.29) is 11.7 Å². The van der Waals surface area contributed by atoms with Crippen LogP contribution in [0.25, 0.3) is 17.7 Å². The van der Waals surface area contributed by atoms with Gasteiger partial charge in [0.05, 0.1) is 17.6 Å². The van der Waals surface area contributed by atoms with Crippen molar-refractivity contribution in [3.05, 3.63) is 52.9 Å². The smallest absolute Gasteiger partial charge is 0.256 e. The summed E-state index contributed by atoms with van der Waals surface area (Å²) >= 11 is 0. The van der Waals surface area contributed by atoms with Crippen LogP contribution in [0.1, 0.15) is 55.6 Å². The van der Waals surface area contributed by atoms with Crippen LogP contribution in [0.2, 0.25) is 0 Å². The minimum absolute atomic E-state index is 0.233. The number of aromatic nitrogens is 2. The first-order chi connectivity index (χ1) is 14.1. The Morgan fingerprint density at radius 1 is 1.21 bits per heavy atom. The average molecular weight is 397 g/mol. The molecule has 0 spiro atoms. The summed E-state index contributed by atoms with van der Waals surface area (Å²) in [7, 11) is 0. The van der Waals surface area contributed by atoms with Crippen molar-refractivity contribution in [2.24, 2.45) is 0 Å². The molecule has 0 atom stereocenters. The predicted molar refractivity (Wildman–Crippen MR) is 117 cm³/mol. The first kappa shape index (κ1) is 21.0. The van der Waals surface area contributed by atoms with Gasteiger partial charge in [0, 0.05) is 29.1 Å². The fraction of sp³-hybridized carbons (Fsp3) is 0.391. The molecule has 0 radical (unpaired) electrons. The molecule has 0 bridgehead atoms. The van der Waals surface area contributed by atoms with E-state index in [0.29, 0.717) is 28.1 Å². The molecule has 2 aromatic rings. The number of nitrogens with zero attached hydrogens (tertiary/aromatic N) is 2. The van der Waals surface area contributed by atoms with Gasteiger partial charge in [-0.15, -0.1) is 0 Å². The number of aromatic amines is 1. The maximum atomic E-state index is 14.6. The maximum Gasteiger partial charge on any atom is 0.256 e. The Bertz CT molecular complexity index is 923. The van der Waals surface area contributed by atoms with Gasteiger partial charge in [-0.05, 0) is 51.1 Å². The van der Waals surface area contributed by atoms with Crippen molar-refractivity contribution in [3.8, 4) is 0 Å². The number of fused-ring (bicyclic) bond motifs is 1. The Morgan fingerprint density at radius 2 is 1.97 bits per heavy atom. The molecule has 0 saturated carbocycles. The van der Waals surface area contributed by atoms with Crippen LogP contribution in [0, 0.1) is 12.7 Å². The number of aryl methyl sites for hydroxylation is 1. The molecule has 2 N–H and O–H groups in total. The Hall–Kier alpha value is -2.73. The van der Waals surface area contributed by atoms with E-state index in [0.717, 1.165) is 25.3 Å². The third-order valence-corrected chi connectivity index (χ3v) is 5.20. The van der Waals surface area contributed by atoms with Crippen LogP contribution in [-0.4, -0.2) is 40.4 Å². The zero-order valence-electron chi connectivity index (χ0n) is 17.4. The molecule has 0 unspecified atom stereocenters. The fourth-order valence-corrected chi connectivity index (χ4v) is 3.71. The number of anilines is 1. The van der Waals surface area contributed by atoms with Crippen molar-refractivity contribution < 1.29 is 9.18 Å². The van der Waals surface area contributed by atoms with E-state index in [4.69, 9.17) is 0 Å². The molecule has 4 rings (SSSR count). The standard InChI is InChI=1S/C21H23FN4O.C2H6/c1-14-19(24-13-23-14)12-16-20-15(6-5-11-26-9-3-2-4-10-26)17(22)7-8-18(20)25-21(16)27;1-2/h5-8,12-13H,2-4,9-11H2,1H3,(H,23,24)(H,25,27);1-2H3/b6-5?,16-12-;. The highest BCUT2D eigenvalue weighted by Gasteiger charge is 2.28. The van der Waals surface area contributed by atoms with Gasteiger partial charge in [0.25, 0.3) is 5.91 Å². The molecule has 2 aliphatic rings. The molecule has 29 heavy (non-hydrogen) atoms. The number of rotatable bonds is 4. The van der Waals surface area contributed by atoms with Gasteiger partial charge in [0.15, 0.2) is 0 Å². The average Bonchev–Trinajstić information content (AvgIpc) is 3.29. The number of H-pyrrole nitrogens is 1. The van der Waals surface area contributed by atoms with Gasteiger partial charge >= 0.3 is 0 Å². The summed E-state index contributed by atoms with van der Waals surface area (Å²) in [5.74, 6) is -0.562. The molecule has 0 aliphatic carbocycles. The van der Waals surface area contributed by atoms with Gasteiger partial charge in [0.1, 0.15) is 5.82 Å². The molecule has 1 amide bonds. The van der Waals surface area contributed by atoms with E-state index >= 15 is 0 Å². The first-order valence-electron chi connectivity index (χ1n) is 10.4. The summed E-state index contributed by atoms with van der Waals surface area (Å²) in [6, 6.07) is 3.02. The molecule has 1 saturated heterocycles. The van der Waals surface area contributed by atoms with Gasteiger partial charge in [-0.25, -0.2) is 9.37 Å². The van der Waals surface area contributed by atoms with E-state index in [1.807, 2.05) is 26.8 Å². The number of likely N-dealkylation sites (tertiary alicyclic amines) is 1. The van der Waals surface area contributed by atoms with Crippen LogP contribution < -0.4 is 5.32 Å². The van der Waals surface area contributed by atoms with E-state index in [1.165, 1.54) is 25.3 Å². The molecule has 1 fully saturated rings. The van der Waals surface area contributed by atoms with Crippen LogP contribution in [-0.2, 0) is 4.79 Å². The number of halogens is 1. The summed E-state index contributed by atoms with van der Waals surface area (Å²) in [5.41, 5.74) is 3.68. The minimum Gasteiger partial charge on any atom is -0.348 e. The van der Waals surface area contributed by atoms with Gasteiger partial charge in [-0.1, -0.05) is 32.4 Å². The lowest BCUT2D eigenvalue weighted by Crippen LogP contribution is -2.29. The monoisotopic (exact) mass is 396 g/mol. The van der Waals surface area contributed by atoms with Crippen LogP contribution >= 0.6 is 0 Å². The predicted octanol–water partition coefficient (Wildman–Crippen LogP) is 4.88. The summed E-state index contributed by atoms with van der Waals surface area (Å²) < 4.78 is 14.6. The molecule has 2 aliphatic heterocycles. The van der Waals surface area contributed by atoms with Gasteiger partial charge in [-0.2, -0.15) is 0 Å². The molecular weight excluding hydrogens is 367 g/mol. The molecule has 3 heterocycles. The van der Waals surface area contributed by atoms with Crippen molar-refractivity contribution >= 4 is 29.3 Å². The van der Waals surface area contributed by atoms with Crippen molar-refractivity contribution in [1.29, 1.82) is 0 Å². The minimum atomic E-state index is -0.329. The quantitative estimate of drug-likeness (QED) is 0.725. The van der Waals surface area contributed by atoms with Crippen LogP contribution in [0.3, 0.4) is 0 Å². The second-order valence-electron chi connectivity index (χ2n) is 7.07. The van der Waals surface area contributed by atoms with Crippen LogP contribution in [0.5, 0.6) is 0 Å². The normalized spacial score (nSPS) is 17.9. The van der Waals surface area contributed by atoms with Crippen LogP contribution in [0.4, 0.5) is 10.1 Å². The second kappa shape index (κ2) is 9.65. The summed E-state index contributed by atoms with van der Waals surface area (Å²) in [6.45, 7) is 8.85. The zero-order valence-corrected chi connectivity index (χ0v) is 17.4. The van der Waals surface area contributed by atoms with E-state index in [1.54, 1.807) is 24.5 Å². The number of hydrogen-bond acceptors (Lipinski definition) is 3. The van der Waals surface area contributed by atoms with Gasteiger partial charge in [-0.3, -0.25) is 9.69 Å². The Kier molecular flexibility index (Phi) is 6.99. The lowest BCUT2D eigenvalue weighted by atomic mass is 9.98. The number of nitrogens with one attached hydrogen (secondary N) is 2. The molecule has 1 aromatic carbocycles. The van der Waals surface area contributed by atoms with Crippen molar-refractivity contribution in [2.75, 3.05) is 25.0 Å². The van der Waals surface area contributed by atoms with Crippen LogP contribution in [0.15, 0.2) is 24.5 Å². The number of carbonyl (C=O) groups excluding carboxylic acids is 1. The number of piperidine rings is 1. The van der Waals surface area contributed by atoms with Crippen molar-refractivity contribution in [1.82, 2.24) is 14.9 Å². The molecular formula is C23H29FN4O. The SMILES string of the molecule is CC.Cc1[nH]cnc1/C=C1\C(=O)Nc2ccc(F)c(C=CCN3CCCCC3)c21. The fourth-order valence-electron chi connectivity index (χ4n) is 3.71. The van der Waals surface area contributed by atoms with E-state index in [2.05, 4.69) is 20.2 Å². The summed E-state index contributed by atoms with van der Waals surface area (Å²) in [4.78, 5) is 22.1. The van der Waals surface area contributed by atoms with E-state index < -0.39 is 0 Å². The second-order valence-corrected chi connectivity index (χ2v) is 7.07.